The molecular formula is C14H10N2OS. The van der Waals surface area contributed by atoms with Crippen LogP contribution in [0, 0.1) is 0 Å². The van der Waals surface area contributed by atoms with E-state index in [1.165, 1.54) is 0 Å². The zero-order chi connectivity index (χ0) is 12.4. The normalized spacial score (nSPS) is 10.7. The molecule has 0 aliphatic rings. The van der Waals surface area contributed by atoms with Crippen LogP contribution in [0.4, 0.5) is 0 Å². The average molecular weight is 254 g/mol. The summed E-state index contributed by atoms with van der Waals surface area (Å²) in [6.07, 6.45) is 5.43. The van der Waals surface area contributed by atoms with Crippen LogP contribution in [0.3, 0.4) is 0 Å². The molecule has 88 valence electrons. The molecule has 0 amide bonds. The van der Waals surface area contributed by atoms with Gasteiger partial charge in [0.15, 0.2) is 5.78 Å². The van der Waals surface area contributed by atoms with Gasteiger partial charge in [-0.1, -0.05) is 6.07 Å². The van der Waals surface area contributed by atoms with Crippen molar-refractivity contribution in [3.63, 3.8) is 0 Å². The molecule has 0 atom stereocenters. The van der Waals surface area contributed by atoms with Crippen LogP contribution in [-0.2, 0) is 6.42 Å². The van der Waals surface area contributed by atoms with Gasteiger partial charge in [0.25, 0.3) is 0 Å². The van der Waals surface area contributed by atoms with E-state index in [0.717, 1.165) is 15.8 Å². The number of carbonyl (C=O) groups is 1. The third-order valence-corrected chi connectivity index (χ3v) is 3.57. The Morgan fingerprint density at radius 3 is 3.06 bits per heavy atom. The molecule has 0 aliphatic carbocycles. The Morgan fingerprint density at radius 1 is 1.28 bits per heavy atom. The lowest BCUT2D eigenvalue weighted by molar-refractivity contribution is 0.0992. The molecule has 0 aliphatic heterocycles. The molecule has 0 unspecified atom stereocenters. The summed E-state index contributed by atoms with van der Waals surface area (Å²) in [4.78, 5) is 20.4. The van der Waals surface area contributed by atoms with E-state index in [1.54, 1.807) is 29.9 Å². The average Bonchev–Trinajstić information content (AvgIpc) is 2.87. The SMILES string of the molecule is O=C(Cc1cccnc1)c1cnc2ccsc2c1. The zero-order valence-corrected chi connectivity index (χ0v) is 10.4. The third-order valence-electron chi connectivity index (χ3n) is 2.71. The Morgan fingerprint density at radius 2 is 2.22 bits per heavy atom. The fourth-order valence-corrected chi connectivity index (χ4v) is 2.57. The summed E-state index contributed by atoms with van der Waals surface area (Å²) in [6.45, 7) is 0. The van der Waals surface area contributed by atoms with E-state index in [0.29, 0.717) is 12.0 Å². The topological polar surface area (TPSA) is 42.9 Å². The highest BCUT2D eigenvalue weighted by Crippen LogP contribution is 2.20. The minimum absolute atomic E-state index is 0.0748. The first kappa shape index (κ1) is 11.0. The molecule has 3 nitrogen and oxygen atoms in total. The van der Waals surface area contributed by atoms with Crippen molar-refractivity contribution in [1.29, 1.82) is 0 Å². The maximum Gasteiger partial charge on any atom is 0.168 e. The van der Waals surface area contributed by atoms with Crippen LogP contribution in [0.25, 0.3) is 10.2 Å². The lowest BCUT2D eigenvalue weighted by atomic mass is 10.1. The first-order valence-electron chi connectivity index (χ1n) is 5.58. The minimum atomic E-state index is 0.0748. The molecular weight excluding hydrogens is 244 g/mol. The van der Waals surface area contributed by atoms with Crippen molar-refractivity contribution in [1.82, 2.24) is 9.97 Å². The van der Waals surface area contributed by atoms with Crippen molar-refractivity contribution < 1.29 is 4.79 Å². The number of thiophene rings is 1. The van der Waals surface area contributed by atoms with Crippen molar-refractivity contribution in [2.75, 3.05) is 0 Å². The van der Waals surface area contributed by atoms with E-state index in [4.69, 9.17) is 0 Å². The molecule has 0 bridgehead atoms. The number of rotatable bonds is 3. The van der Waals surface area contributed by atoms with Gasteiger partial charge in [0.05, 0.1) is 10.2 Å². The monoisotopic (exact) mass is 254 g/mol. The molecule has 3 rings (SSSR count). The van der Waals surface area contributed by atoms with Crippen LogP contribution >= 0.6 is 11.3 Å². The van der Waals surface area contributed by atoms with Gasteiger partial charge >= 0.3 is 0 Å². The number of ketones is 1. The van der Waals surface area contributed by atoms with Crippen LogP contribution in [0.2, 0.25) is 0 Å². The highest BCUT2D eigenvalue weighted by Gasteiger charge is 2.09. The standard InChI is InChI=1S/C14H10N2OS/c17-13(6-10-2-1-4-15-8-10)11-7-14-12(16-9-11)3-5-18-14/h1-5,7-9H,6H2. The second kappa shape index (κ2) is 4.66. The van der Waals surface area contributed by atoms with Gasteiger partial charge in [-0.25, -0.2) is 0 Å². The fraction of sp³-hybridized carbons (Fsp3) is 0.0714. The summed E-state index contributed by atoms with van der Waals surface area (Å²) < 4.78 is 1.05. The van der Waals surface area contributed by atoms with Crippen LogP contribution in [0.15, 0.2) is 48.2 Å². The third kappa shape index (κ3) is 2.15. The van der Waals surface area contributed by atoms with E-state index in [1.807, 2.05) is 29.6 Å². The molecule has 4 heteroatoms. The molecule has 0 spiro atoms. The lowest BCUT2D eigenvalue weighted by Crippen LogP contribution is -2.04. The minimum Gasteiger partial charge on any atom is -0.294 e. The van der Waals surface area contributed by atoms with Crippen molar-refractivity contribution in [2.45, 2.75) is 6.42 Å². The predicted molar refractivity (Wildman–Crippen MR) is 71.9 cm³/mol. The first-order valence-corrected chi connectivity index (χ1v) is 6.46. The molecule has 0 aromatic carbocycles. The Balaban J connectivity index is 1.87. The molecule has 0 N–H and O–H groups in total. The van der Waals surface area contributed by atoms with Crippen molar-refractivity contribution in [2.24, 2.45) is 0 Å². The molecule has 0 saturated carbocycles. The summed E-state index contributed by atoms with van der Waals surface area (Å²) in [5.41, 5.74) is 2.53. The number of aromatic nitrogens is 2. The number of carbonyl (C=O) groups excluding carboxylic acids is 1. The van der Waals surface area contributed by atoms with Crippen LogP contribution in [0.1, 0.15) is 15.9 Å². The van der Waals surface area contributed by atoms with Crippen molar-refractivity contribution >= 4 is 27.3 Å². The largest absolute Gasteiger partial charge is 0.294 e. The summed E-state index contributed by atoms with van der Waals surface area (Å²) in [5, 5.41) is 1.98. The van der Waals surface area contributed by atoms with Gasteiger partial charge in [-0.15, -0.1) is 11.3 Å². The van der Waals surface area contributed by atoms with E-state index < -0.39 is 0 Å². The van der Waals surface area contributed by atoms with Gasteiger partial charge in [-0.2, -0.15) is 0 Å². The number of pyridine rings is 2. The number of nitrogens with zero attached hydrogens (tertiary/aromatic N) is 2. The van der Waals surface area contributed by atoms with Gasteiger partial charge < -0.3 is 0 Å². The van der Waals surface area contributed by atoms with Crippen LogP contribution < -0.4 is 0 Å². The predicted octanol–water partition coefficient (Wildman–Crippen LogP) is 3.12. The van der Waals surface area contributed by atoms with E-state index >= 15 is 0 Å². The van der Waals surface area contributed by atoms with Gasteiger partial charge in [-0.05, 0) is 29.1 Å². The van der Waals surface area contributed by atoms with Gasteiger partial charge in [0, 0.05) is 30.6 Å². The summed E-state index contributed by atoms with van der Waals surface area (Å²) in [5.74, 6) is 0.0748. The van der Waals surface area contributed by atoms with Gasteiger partial charge in [0.1, 0.15) is 0 Å². The van der Waals surface area contributed by atoms with Gasteiger partial charge in [0.2, 0.25) is 0 Å². The molecule has 3 heterocycles. The second-order valence-electron chi connectivity index (χ2n) is 3.99. The fourth-order valence-electron chi connectivity index (χ4n) is 1.79. The van der Waals surface area contributed by atoms with Crippen LogP contribution in [-0.4, -0.2) is 15.8 Å². The van der Waals surface area contributed by atoms with E-state index in [-0.39, 0.29) is 5.78 Å². The summed E-state index contributed by atoms with van der Waals surface area (Å²) >= 11 is 1.60. The number of hydrogen-bond acceptors (Lipinski definition) is 4. The highest BCUT2D eigenvalue weighted by molar-refractivity contribution is 7.17. The number of hydrogen-bond donors (Lipinski definition) is 0. The highest BCUT2D eigenvalue weighted by atomic mass is 32.1. The van der Waals surface area contributed by atoms with Crippen molar-refractivity contribution in [3.8, 4) is 0 Å². The van der Waals surface area contributed by atoms with E-state index in [9.17, 15) is 4.79 Å². The maximum absolute atomic E-state index is 12.1. The van der Waals surface area contributed by atoms with Crippen molar-refractivity contribution in [3.05, 3.63) is 59.4 Å². The number of fused-ring (bicyclic) bond motifs is 1. The molecule has 0 radical (unpaired) electrons. The Bertz CT molecular complexity index is 691. The molecule has 3 aromatic rings. The molecule has 18 heavy (non-hydrogen) atoms. The maximum atomic E-state index is 12.1. The quantitative estimate of drug-likeness (QED) is 0.674. The molecule has 0 fully saturated rings. The Labute approximate surface area is 108 Å². The smallest absolute Gasteiger partial charge is 0.168 e. The van der Waals surface area contributed by atoms with E-state index in [2.05, 4.69) is 9.97 Å². The zero-order valence-electron chi connectivity index (χ0n) is 9.54. The van der Waals surface area contributed by atoms with Gasteiger partial charge in [-0.3, -0.25) is 14.8 Å². The Kier molecular flexibility index (Phi) is 2.86. The first-order chi connectivity index (χ1) is 8.83. The Hall–Kier alpha value is -2.07. The molecule has 3 aromatic heterocycles. The summed E-state index contributed by atoms with van der Waals surface area (Å²) in [6, 6.07) is 7.60. The number of Topliss-reactive ketones (excluding diaryl/α,β-unsaturated/α-hetero) is 1. The summed E-state index contributed by atoms with van der Waals surface area (Å²) in [7, 11) is 0. The van der Waals surface area contributed by atoms with Crippen LogP contribution in [0.5, 0.6) is 0 Å². The second-order valence-corrected chi connectivity index (χ2v) is 4.94. The molecule has 0 saturated heterocycles. The lowest BCUT2D eigenvalue weighted by Gasteiger charge is -2.00.